The van der Waals surface area contributed by atoms with Crippen LogP contribution in [0.3, 0.4) is 0 Å². The highest BCUT2D eigenvalue weighted by Crippen LogP contribution is 2.28. The van der Waals surface area contributed by atoms with Gasteiger partial charge in [-0.1, -0.05) is 0 Å². The summed E-state index contributed by atoms with van der Waals surface area (Å²) in [6.45, 7) is -1.57. The van der Waals surface area contributed by atoms with Gasteiger partial charge in [-0.25, -0.2) is 14.7 Å². The van der Waals surface area contributed by atoms with Gasteiger partial charge in [-0.2, -0.15) is 0 Å². The molecule has 3 unspecified atom stereocenters. The number of nitrogens with zero attached hydrogens (tertiary/aromatic N) is 2. The molecule has 27 heavy (non-hydrogen) atoms. The average Bonchev–Trinajstić information content (AvgIpc) is 2.60. The van der Waals surface area contributed by atoms with E-state index in [0.717, 1.165) is 0 Å². The molecule has 1 aliphatic carbocycles. The number of hydrogen-bond acceptors (Lipinski definition) is 9. The number of aliphatic carboxylic acids is 2. The normalized spacial score (nSPS) is 22.6. The van der Waals surface area contributed by atoms with Crippen LogP contribution in [0.5, 0.6) is 0 Å². The van der Waals surface area contributed by atoms with Crippen LogP contribution in [0.1, 0.15) is 19.3 Å². The number of carbonyl (C=O) groups is 2. The van der Waals surface area contributed by atoms with E-state index in [2.05, 4.69) is 20.4 Å². The Morgan fingerprint density at radius 2 is 1.59 bits per heavy atom. The van der Waals surface area contributed by atoms with Gasteiger partial charge >= 0.3 is 11.9 Å². The van der Waals surface area contributed by atoms with Gasteiger partial charge in [0, 0.05) is 25.2 Å². The first-order chi connectivity index (χ1) is 12.8. The second-order valence-electron chi connectivity index (χ2n) is 6.17. The summed E-state index contributed by atoms with van der Waals surface area (Å²) in [5.41, 5.74) is 0. The summed E-state index contributed by atoms with van der Waals surface area (Å²) in [5, 5.41) is 42.3. The molecule has 156 valence electrons. The Morgan fingerprint density at radius 1 is 1.04 bits per heavy atom. The van der Waals surface area contributed by atoms with E-state index in [9.17, 15) is 19.8 Å². The smallest absolute Gasteiger partial charge is 0.317 e. The fourth-order valence-corrected chi connectivity index (χ4v) is 3.52. The van der Waals surface area contributed by atoms with Crippen LogP contribution in [0.15, 0.2) is 0 Å². The molecule has 0 radical (unpaired) electrons. The van der Waals surface area contributed by atoms with Crippen LogP contribution in [0, 0.1) is 0 Å². The van der Waals surface area contributed by atoms with Gasteiger partial charge in [-0.3, -0.25) is 25.0 Å². The first-order valence-electron chi connectivity index (χ1n) is 8.25. The SMILES string of the molecule is CNC(=S)NC1CCC(N(COO)COO)C(N(CC(=O)O)CC(=O)O)C1. The molecule has 13 heteroatoms. The number of carboxylic acid groups (broad SMARTS) is 2. The summed E-state index contributed by atoms with van der Waals surface area (Å²) < 4.78 is 0. The zero-order chi connectivity index (χ0) is 20.4. The van der Waals surface area contributed by atoms with Crippen molar-refractivity contribution in [2.45, 2.75) is 37.4 Å². The molecule has 6 N–H and O–H groups in total. The van der Waals surface area contributed by atoms with Gasteiger partial charge in [0.05, 0.1) is 13.1 Å². The van der Waals surface area contributed by atoms with Crippen molar-refractivity contribution in [1.29, 1.82) is 0 Å². The van der Waals surface area contributed by atoms with E-state index in [4.69, 9.17) is 22.7 Å². The summed E-state index contributed by atoms with van der Waals surface area (Å²) in [4.78, 5) is 33.6. The number of rotatable bonds is 11. The van der Waals surface area contributed by atoms with Gasteiger partial charge in [0.15, 0.2) is 5.11 Å². The monoisotopic (exact) mass is 410 g/mol. The Balaban J connectivity index is 3.08. The van der Waals surface area contributed by atoms with E-state index in [1.807, 2.05) is 0 Å². The van der Waals surface area contributed by atoms with Crippen LogP contribution in [-0.4, -0.2) is 99.3 Å². The standard InChI is InChI=1S/C14H26N4O8S/c1-15-14(27)16-9-2-3-10(18(7-25-23)8-26-24)11(4-9)17(5-12(19)20)6-13(21)22/h9-11,23-24H,2-8H2,1H3,(H,19,20)(H,21,22)(H2,15,16,27). The van der Waals surface area contributed by atoms with Gasteiger partial charge in [-0.05, 0) is 31.5 Å². The second kappa shape index (κ2) is 12.0. The van der Waals surface area contributed by atoms with Crippen LogP contribution in [0.2, 0.25) is 0 Å². The fourth-order valence-electron chi connectivity index (χ4n) is 3.35. The first kappa shape index (κ1) is 23.4. The summed E-state index contributed by atoms with van der Waals surface area (Å²) in [6, 6.07) is -1.07. The largest absolute Gasteiger partial charge is 0.480 e. The maximum Gasteiger partial charge on any atom is 0.317 e. The van der Waals surface area contributed by atoms with Gasteiger partial charge in [0.25, 0.3) is 0 Å². The lowest BCUT2D eigenvalue weighted by atomic mass is 9.84. The van der Waals surface area contributed by atoms with Crippen molar-refractivity contribution in [2.75, 3.05) is 33.6 Å². The molecule has 0 aromatic heterocycles. The Morgan fingerprint density at radius 3 is 2.04 bits per heavy atom. The number of carboxylic acids is 2. The van der Waals surface area contributed by atoms with Gasteiger partial charge in [-0.15, -0.1) is 0 Å². The molecule has 12 nitrogen and oxygen atoms in total. The third kappa shape index (κ3) is 7.88. The maximum atomic E-state index is 11.2. The molecule has 0 aliphatic heterocycles. The minimum Gasteiger partial charge on any atom is -0.480 e. The van der Waals surface area contributed by atoms with Crippen LogP contribution in [0.25, 0.3) is 0 Å². The van der Waals surface area contributed by atoms with Gasteiger partial charge in [0.1, 0.15) is 13.5 Å². The van der Waals surface area contributed by atoms with Crippen molar-refractivity contribution in [3.8, 4) is 0 Å². The second-order valence-corrected chi connectivity index (χ2v) is 6.57. The fraction of sp³-hybridized carbons (Fsp3) is 0.786. The Labute approximate surface area is 161 Å². The van der Waals surface area contributed by atoms with Crippen molar-refractivity contribution >= 4 is 29.3 Å². The third-order valence-corrected chi connectivity index (χ3v) is 4.73. The predicted molar refractivity (Wildman–Crippen MR) is 95.9 cm³/mol. The molecule has 1 aliphatic rings. The van der Waals surface area contributed by atoms with Gasteiger partial charge < -0.3 is 20.8 Å². The average molecular weight is 410 g/mol. The molecule has 0 saturated heterocycles. The van der Waals surface area contributed by atoms with Crippen LogP contribution >= 0.6 is 12.2 Å². The van der Waals surface area contributed by atoms with E-state index in [1.165, 1.54) is 9.80 Å². The van der Waals surface area contributed by atoms with Crippen molar-refractivity contribution in [1.82, 2.24) is 20.4 Å². The molecule has 0 amide bonds. The van der Waals surface area contributed by atoms with E-state index >= 15 is 0 Å². The third-order valence-electron chi connectivity index (χ3n) is 4.41. The Bertz CT molecular complexity index is 490. The van der Waals surface area contributed by atoms with Crippen molar-refractivity contribution in [3.63, 3.8) is 0 Å². The van der Waals surface area contributed by atoms with Gasteiger partial charge in [0.2, 0.25) is 0 Å². The molecule has 0 aromatic rings. The lowest BCUT2D eigenvalue weighted by Crippen LogP contribution is -2.60. The van der Waals surface area contributed by atoms with E-state index in [1.54, 1.807) is 7.05 Å². The molecular weight excluding hydrogens is 384 g/mol. The van der Waals surface area contributed by atoms with Crippen LogP contribution in [0.4, 0.5) is 0 Å². The zero-order valence-corrected chi connectivity index (χ0v) is 15.7. The summed E-state index contributed by atoms with van der Waals surface area (Å²) >= 11 is 5.10. The van der Waals surface area contributed by atoms with E-state index < -0.39 is 37.1 Å². The molecule has 1 rings (SSSR count). The van der Waals surface area contributed by atoms with Crippen molar-refractivity contribution in [2.24, 2.45) is 0 Å². The molecule has 1 saturated carbocycles. The highest BCUT2D eigenvalue weighted by molar-refractivity contribution is 7.80. The van der Waals surface area contributed by atoms with E-state index in [0.29, 0.717) is 24.4 Å². The van der Waals surface area contributed by atoms with Crippen molar-refractivity contribution in [3.05, 3.63) is 0 Å². The molecule has 0 aromatic carbocycles. The van der Waals surface area contributed by atoms with Crippen molar-refractivity contribution < 1.29 is 40.1 Å². The summed E-state index contributed by atoms with van der Waals surface area (Å²) in [6.07, 6.45) is 1.53. The molecule has 0 bridgehead atoms. The van der Waals surface area contributed by atoms with E-state index in [-0.39, 0.29) is 19.5 Å². The topological polar surface area (TPSA) is 164 Å². The Kier molecular flexibility index (Phi) is 10.4. The molecule has 0 heterocycles. The number of nitrogens with one attached hydrogen (secondary N) is 2. The molecule has 0 spiro atoms. The highest BCUT2D eigenvalue weighted by Gasteiger charge is 2.39. The van der Waals surface area contributed by atoms with Crippen LogP contribution < -0.4 is 10.6 Å². The summed E-state index contributed by atoms with van der Waals surface area (Å²) in [7, 11) is 1.67. The maximum absolute atomic E-state index is 11.2. The highest BCUT2D eigenvalue weighted by atomic mass is 32.1. The number of hydrogen-bond donors (Lipinski definition) is 6. The first-order valence-corrected chi connectivity index (χ1v) is 8.65. The quantitative estimate of drug-likeness (QED) is 0.107. The number of thiocarbonyl (C=S) groups is 1. The lowest BCUT2D eigenvalue weighted by Gasteiger charge is -2.45. The van der Waals surface area contributed by atoms with Crippen LogP contribution in [-0.2, 0) is 19.4 Å². The molecule has 1 fully saturated rings. The zero-order valence-electron chi connectivity index (χ0n) is 14.9. The minimum absolute atomic E-state index is 0.108. The lowest BCUT2D eigenvalue weighted by molar-refractivity contribution is -0.320. The summed E-state index contributed by atoms with van der Waals surface area (Å²) in [5.74, 6) is -2.33. The molecule has 3 atom stereocenters. The molecular formula is C14H26N4O8S. The predicted octanol–water partition coefficient (Wildman–Crippen LogP) is -0.963. The minimum atomic E-state index is -1.17. The Hall–Kier alpha value is -1.61.